The number of amides is 1. The number of sulfonamides is 1. The van der Waals surface area contributed by atoms with Crippen LogP contribution in [0.1, 0.15) is 13.8 Å². The van der Waals surface area contributed by atoms with Crippen LogP contribution in [0.4, 0.5) is 11.4 Å². The number of carbonyl (C=O) groups excluding carboxylic acids is 1. The first-order valence-electron chi connectivity index (χ1n) is 7.77. The number of thioether (sulfide) groups is 1. The minimum Gasteiger partial charge on any atom is -0.492 e. The van der Waals surface area contributed by atoms with Crippen molar-refractivity contribution >= 4 is 39.1 Å². The summed E-state index contributed by atoms with van der Waals surface area (Å²) in [6.45, 7) is 4.06. The minimum absolute atomic E-state index is 0.0769. The third-order valence-electron chi connectivity index (χ3n) is 3.62. The second-order valence-electron chi connectivity index (χ2n) is 5.44. The van der Waals surface area contributed by atoms with E-state index in [-0.39, 0.29) is 16.1 Å². The summed E-state index contributed by atoms with van der Waals surface area (Å²) in [5, 5.41) is 2.54. The van der Waals surface area contributed by atoms with Gasteiger partial charge in [0, 0.05) is 4.90 Å². The first-order chi connectivity index (χ1) is 11.9. The number of carbonyl (C=O) groups is 1. The van der Waals surface area contributed by atoms with E-state index in [1.165, 1.54) is 23.9 Å². The maximum Gasteiger partial charge on any atom is 0.262 e. The molecule has 0 aliphatic carbocycles. The van der Waals surface area contributed by atoms with Gasteiger partial charge in [-0.15, -0.1) is 11.8 Å². The second-order valence-corrected chi connectivity index (χ2v) is 8.51. The van der Waals surface area contributed by atoms with Crippen molar-refractivity contribution in [2.45, 2.75) is 28.9 Å². The molecule has 0 saturated heterocycles. The highest BCUT2D eigenvalue weighted by Gasteiger charge is 2.25. The molecule has 0 saturated carbocycles. The molecule has 1 amide bonds. The maximum atomic E-state index is 12.7. The fraction of sp³-hybridized carbons (Fsp3) is 0.235. The zero-order valence-corrected chi connectivity index (χ0v) is 15.4. The Morgan fingerprint density at radius 2 is 2.00 bits per heavy atom. The molecule has 0 bridgehead atoms. The number of hydrogen-bond acceptors (Lipinski definition) is 5. The van der Waals surface area contributed by atoms with Gasteiger partial charge < -0.3 is 10.1 Å². The Labute approximate surface area is 151 Å². The summed E-state index contributed by atoms with van der Waals surface area (Å²) >= 11 is 1.41. The SMILES string of the molecule is CCOc1ccccc1NS(=O)(=O)c1ccc2c(c1)NC(=O)[C@@H](C)S2. The van der Waals surface area contributed by atoms with Gasteiger partial charge in [-0.25, -0.2) is 8.42 Å². The Morgan fingerprint density at radius 1 is 1.24 bits per heavy atom. The first-order valence-corrected chi connectivity index (χ1v) is 10.1. The quantitative estimate of drug-likeness (QED) is 0.834. The molecule has 25 heavy (non-hydrogen) atoms. The molecule has 3 rings (SSSR count). The zero-order chi connectivity index (χ0) is 18.0. The van der Waals surface area contributed by atoms with Gasteiger partial charge in [0.1, 0.15) is 5.75 Å². The van der Waals surface area contributed by atoms with E-state index in [1.807, 2.05) is 6.92 Å². The van der Waals surface area contributed by atoms with Crippen LogP contribution in [0, 0.1) is 0 Å². The third kappa shape index (κ3) is 3.74. The summed E-state index contributed by atoms with van der Waals surface area (Å²) in [6, 6.07) is 11.5. The van der Waals surface area contributed by atoms with Crippen LogP contribution in [0.15, 0.2) is 52.3 Å². The summed E-state index contributed by atoms with van der Waals surface area (Å²) in [5.41, 5.74) is 0.878. The van der Waals surface area contributed by atoms with Gasteiger partial charge >= 0.3 is 0 Å². The molecule has 6 nitrogen and oxygen atoms in total. The maximum absolute atomic E-state index is 12.7. The van der Waals surface area contributed by atoms with Crippen molar-refractivity contribution in [3.05, 3.63) is 42.5 Å². The van der Waals surface area contributed by atoms with Crippen molar-refractivity contribution in [1.29, 1.82) is 0 Å². The van der Waals surface area contributed by atoms with Crippen molar-refractivity contribution in [2.75, 3.05) is 16.6 Å². The van der Waals surface area contributed by atoms with Gasteiger partial charge in [-0.3, -0.25) is 9.52 Å². The second kappa shape index (κ2) is 6.97. The van der Waals surface area contributed by atoms with E-state index in [4.69, 9.17) is 4.74 Å². The number of anilines is 2. The standard InChI is InChI=1S/C17H18N2O4S2/c1-3-23-15-7-5-4-6-13(15)19-25(21,22)12-8-9-16-14(10-12)18-17(20)11(2)24-16/h4-11,19H,3H2,1-2H3,(H,18,20)/t11-/m1/s1. The van der Waals surface area contributed by atoms with E-state index in [2.05, 4.69) is 10.0 Å². The lowest BCUT2D eigenvalue weighted by molar-refractivity contribution is -0.115. The lowest BCUT2D eigenvalue weighted by Crippen LogP contribution is -2.26. The Bertz CT molecular complexity index is 913. The molecular formula is C17H18N2O4S2. The van der Waals surface area contributed by atoms with Crippen LogP contribution >= 0.6 is 11.8 Å². The average molecular weight is 378 g/mol. The largest absolute Gasteiger partial charge is 0.492 e. The number of ether oxygens (including phenoxy) is 1. The Kier molecular flexibility index (Phi) is 4.91. The zero-order valence-electron chi connectivity index (χ0n) is 13.8. The molecule has 0 spiro atoms. The Morgan fingerprint density at radius 3 is 2.76 bits per heavy atom. The van der Waals surface area contributed by atoms with Crippen LogP contribution in [-0.4, -0.2) is 26.2 Å². The van der Waals surface area contributed by atoms with Gasteiger partial charge in [0.05, 0.1) is 28.1 Å². The van der Waals surface area contributed by atoms with E-state index in [9.17, 15) is 13.2 Å². The Hall–Kier alpha value is -2.19. The fourth-order valence-electron chi connectivity index (χ4n) is 2.39. The van der Waals surface area contributed by atoms with Gasteiger partial charge in [-0.1, -0.05) is 12.1 Å². The fourth-order valence-corrected chi connectivity index (χ4v) is 4.42. The Balaban J connectivity index is 1.91. The van der Waals surface area contributed by atoms with E-state index >= 15 is 0 Å². The number of hydrogen-bond donors (Lipinski definition) is 2. The van der Waals surface area contributed by atoms with Crippen LogP contribution in [0.25, 0.3) is 0 Å². The molecule has 2 N–H and O–H groups in total. The molecule has 2 aromatic rings. The van der Waals surface area contributed by atoms with E-state index in [1.54, 1.807) is 37.3 Å². The number of fused-ring (bicyclic) bond motifs is 1. The number of rotatable bonds is 5. The molecular weight excluding hydrogens is 360 g/mol. The molecule has 1 aliphatic heterocycles. The molecule has 0 unspecified atom stereocenters. The number of nitrogens with one attached hydrogen (secondary N) is 2. The van der Waals surface area contributed by atoms with Gasteiger partial charge in [0.15, 0.2) is 0 Å². The van der Waals surface area contributed by atoms with E-state index < -0.39 is 10.0 Å². The van der Waals surface area contributed by atoms with Crippen molar-refractivity contribution in [3.63, 3.8) is 0 Å². The third-order valence-corrected chi connectivity index (χ3v) is 6.16. The van der Waals surface area contributed by atoms with E-state index in [0.29, 0.717) is 23.7 Å². The lowest BCUT2D eigenvalue weighted by Gasteiger charge is -2.22. The van der Waals surface area contributed by atoms with Crippen LogP contribution in [0.2, 0.25) is 0 Å². The molecule has 1 aliphatic rings. The topological polar surface area (TPSA) is 84.5 Å². The van der Waals surface area contributed by atoms with Crippen molar-refractivity contribution < 1.29 is 17.9 Å². The molecule has 1 heterocycles. The summed E-state index contributed by atoms with van der Waals surface area (Å²) < 4.78 is 33.4. The molecule has 0 fully saturated rings. The predicted octanol–water partition coefficient (Wildman–Crippen LogP) is 3.32. The number of benzene rings is 2. The molecule has 0 radical (unpaired) electrons. The van der Waals surface area contributed by atoms with Crippen molar-refractivity contribution in [1.82, 2.24) is 0 Å². The molecule has 1 atom stereocenters. The first kappa shape index (κ1) is 17.6. The van der Waals surface area contributed by atoms with Crippen LogP contribution < -0.4 is 14.8 Å². The van der Waals surface area contributed by atoms with Gasteiger partial charge in [0.25, 0.3) is 10.0 Å². The van der Waals surface area contributed by atoms with Crippen molar-refractivity contribution in [2.24, 2.45) is 0 Å². The van der Waals surface area contributed by atoms with Gasteiger partial charge in [-0.2, -0.15) is 0 Å². The van der Waals surface area contributed by atoms with Crippen molar-refractivity contribution in [3.8, 4) is 5.75 Å². The summed E-state index contributed by atoms with van der Waals surface area (Å²) in [5.74, 6) is 0.325. The lowest BCUT2D eigenvalue weighted by atomic mass is 10.3. The smallest absolute Gasteiger partial charge is 0.262 e. The highest BCUT2D eigenvalue weighted by atomic mass is 32.2. The number of para-hydroxylation sites is 2. The van der Waals surface area contributed by atoms with Crippen LogP contribution in [0.3, 0.4) is 0 Å². The molecule has 2 aromatic carbocycles. The van der Waals surface area contributed by atoms with Gasteiger partial charge in [-0.05, 0) is 44.2 Å². The summed E-state index contributed by atoms with van der Waals surface area (Å²) in [4.78, 5) is 12.7. The molecule has 0 aromatic heterocycles. The van der Waals surface area contributed by atoms with E-state index in [0.717, 1.165) is 4.90 Å². The minimum atomic E-state index is -3.81. The highest BCUT2D eigenvalue weighted by molar-refractivity contribution is 8.01. The molecule has 132 valence electrons. The highest BCUT2D eigenvalue weighted by Crippen LogP contribution is 2.37. The van der Waals surface area contributed by atoms with Crippen LogP contribution in [-0.2, 0) is 14.8 Å². The average Bonchev–Trinajstić information content (AvgIpc) is 2.57. The normalized spacial score (nSPS) is 16.7. The monoisotopic (exact) mass is 378 g/mol. The summed E-state index contributed by atoms with van der Waals surface area (Å²) in [6.07, 6.45) is 0. The van der Waals surface area contributed by atoms with Crippen LogP contribution in [0.5, 0.6) is 5.75 Å². The predicted molar refractivity (Wildman–Crippen MR) is 98.8 cm³/mol. The van der Waals surface area contributed by atoms with Gasteiger partial charge in [0.2, 0.25) is 5.91 Å². The molecule has 8 heteroatoms. The summed E-state index contributed by atoms with van der Waals surface area (Å²) in [7, 11) is -3.81.